The molecule has 0 amide bonds. The summed E-state index contributed by atoms with van der Waals surface area (Å²) in [5.74, 6) is 0.416. The van der Waals surface area contributed by atoms with E-state index < -0.39 is 0 Å². The molecule has 2 nitrogen and oxygen atoms in total. The Hall–Kier alpha value is -5.86. The van der Waals surface area contributed by atoms with E-state index in [1.807, 2.05) is 12.1 Å². The van der Waals surface area contributed by atoms with Crippen LogP contribution in [0, 0.1) is 5.92 Å². The van der Waals surface area contributed by atoms with E-state index in [2.05, 4.69) is 171 Å². The van der Waals surface area contributed by atoms with Gasteiger partial charge >= 0.3 is 0 Å². The maximum atomic E-state index is 6.11. The van der Waals surface area contributed by atoms with Gasteiger partial charge in [-0.2, -0.15) is 0 Å². The van der Waals surface area contributed by atoms with Crippen molar-refractivity contribution in [1.29, 1.82) is 0 Å². The van der Waals surface area contributed by atoms with Gasteiger partial charge in [0, 0.05) is 32.9 Å². The normalized spacial score (nSPS) is 15.7. The molecule has 2 unspecified atom stereocenters. The number of benzene rings is 7. The Labute approximate surface area is 287 Å². The lowest BCUT2D eigenvalue weighted by molar-refractivity contribution is 0.412. The Morgan fingerprint density at radius 1 is 0.612 bits per heavy atom. The summed E-state index contributed by atoms with van der Waals surface area (Å²) in [5.41, 5.74) is 12.6. The third kappa shape index (κ3) is 4.41. The van der Waals surface area contributed by atoms with Gasteiger partial charge in [0.2, 0.25) is 0 Å². The number of hydrogen-bond acceptors (Lipinski definition) is 2. The summed E-state index contributed by atoms with van der Waals surface area (Å²) in [4.78, 5) is 2.42. The largest absolute Gasteiger partial charge is 0.456 e. The smallest absolute Gasteiger partial charge is 0.135 e. The molecule has 49 heavy (non-hydrogen) atoms. The Bertz CT molecular complexity index is 2530. The molecule has 1 aliphatic rings. The highest BCUT2D eigenvalue weighted by Gasteiger charge is 2.44. The predicted molar refractivity (Wildman–Crippen MR) is 207 cm³/mol. The van der Waals surface area contributed by atoms with Crippen LogP contribution < -0.4 is 4.90 Å². The summed E-state index contributed by atoms with van der Waals surface area (Å²) >= 11 is 0. The molecule has 0 fully saturated rings. The van der Waals surface area contributed by atoms with Crippen molar-refractivity contribution in [1.82, 2.24) is 0 Å². The number of para-hydroxylation sites is 1. The van der Waals surface area contributed by atoms with Crippen LogP contribution in [0.1, 0.15) is 31.4 Å². The first-order valence-corrected chi connectivity index (χ1v) is 17.3. The maximum Gasteiger partial charge on any atom is 0.135 e. The van der Waals surface area contributed by atoms with E-state index in [0.29, 0.717) is 5.92 Å². The van der Waals surface area contributed by atoms with Gasteiger partial charge < -0.3 is 9.32 Å². The van der Waals surface area contributed by atoms with E-state index in [1.54, 1.807) is 0 Å². The van der Waals surface area contributed by atoms with Crippen LogP contribution in [-0.4, -0.2) is 0 Å². The van der Waals surface area contributed by atoms with Crippen LogP contribution in [0.25, 0.3) is 55.0 Å². The number of anilines is 3. The van der Waals surface area contributed by atoms with Crippen molar-refractivity contribution in [3.05, 3.63) is 175 Å². The topological polar surface area (TPSA) is 16.4 Å². The molecule has 9 rings (SSSR count). The summed E-state index contributed by atoms with van der Waals surface area (Å²) in [6.45, 7) is 9.06. The van der Waals surface area contributed by atoms with E-state index in [9.17, 15) is 0 Å². The van der Waals surface area contributed by atoms with Gasteiger partial charge in [0.15, 0.2) is 0 Å². The van der Waals surface area contributed by atoms with E-state index in [0.717, 1.165) is 45.4 Å². The zero-order chi connectivity index (χ0) is 33.1. The van der Waals surface area contributed by atoms with Crippen molar-refractivity contribution in [2.75, 3.05) is 4.90 Å². The zero-order valence-corrected chi connectivity index (χ0v) is 27.9. The van der Waals surface area contributed by atoms with Gasteiger partial charge in [0.05, 0.1) is 5.69 Å². The molecule has 0 N–H and O–H groups in total. The van der Waals surface area contributed by atoms with Crippen LogP contribution in [0.4, 0.5) is 17.1 Å². The zero-order valence-electron chi connectivity index (χ0n) is 27.9. The Morgan fingerprint density at radius 2 is 1.29 bits per heavy atom. The lowest BCUT2D eigenvalue weighted by Crippen LogP contribution is -2.30. The maximum absolute atomic E-state index is 6.11. The fourth-order valence-electron chi connectivity index (χ4n) is 8.29. The number of hydrogen-bond donors (Lipinski definition) is 0. The van der Waals surface area contributed by atoms with Crippen LogP contribution in [0.5, 0.6) is 0 Å². The van der Waals surface area contributed by atoms with E-state index >= 15 is 0 Å². The second kappa shape index (κ2) is 11.4. The molecule has 0 spiro atoms. The highest BCUT2D eigenvalue weighted by Crippen LogP contribution is 2.55. The first kappa shape index (κ1) is 29.3. The number of furan rings is 1. The molecule has 1 aliphatic carbocycles. The first-order valence-electron chi connectivity index (χ1n) is 17.3. The third-order valence-electron chi connectivity index (χ3n) is 10.9. The van der Waals surface area contributed by atoms with Crippen molar-refractivity contribution in [2.45, 2.75) is 25.7 Å². The number of allylic oxidation sites excluding steroid dienone is 1. The Kier molecular flexibility index (Phi) is 6.81. The van der Waals surface area contributed by atoms with Gasteiger partial charge in [0.1, 0.15) is 11.2 Å². The standard InChI is InChI=1S/C47H37NO/c1-4-31(3)47(5-2)42-18-10-8-16-38(42)40-30-36(26-27-43(40)47)48(44-19-12-14-33-13-6-7-15-37(33)44)35-24-21-32(22-25-35)34-23-28-46-41(29-34)39-17-9-11-20-45(39)49-46/h5-31H,2,4H2,1,3H3. The van der Waals surface area contributed by atoms with Crippen LogP contribution >= 0.6 is 0 Å². The van der Waals surface area contributed by atoms with Crippen LogP contribution in [0.2, 0.25) is 0 Å². The highest BCUT2D eigenvalue weighted by molar-refractivity contribution is 6.06. The molecule has 236 valence electrons. The summed E-state index contributed by atoms with van der Waals surface area (Å²) in [5, 5.41) is 4.72. The molecular formula is C47H37NO. The monoisotopic (exact) mass is 631 g/mol. The summed E-state index contributed by atoms with van der Waals surface area (Å²) < 4.78 is 6.11. The minimum Gasteiger partial charge on any atom is -0.456 e. The predicted octanol–water partition coefficient (Wildman–Crippen LogP) is 13.4. The van der Waals surface area contributed by atoms with Gasteiger partial charge in [0.25, 0.3) is 0 Å². The van der Waals surface area contributed by atoms with Crippen molar-refractivity contribution in [3.63, 3.8) is 0 Å². The van der Waals surface area contributed by atoms with Gasteiger partial charge in [-0.3, -0.25) is 0 Å². The van der Waals surface area contributed by atoms with Gasteiger partial charge in [-0.1, -0.05) is 129 Å². The van der Waals surface area contributed by atoms with Crippen molar-refractivity contribution in [2.24, 2.45) is 5.92 Å². The minimum atomic E-state index is -0.216. The lowest BCUT2D eigenvalue weighted by Gasteiger charge is -2.35. The molecule has 8 aromatic rings. The molecule has 2 heteroatoms. The second-order valence-electron chi connectivity index (χ2n) is 13.3. The molecule has 1 aromatic heterocycles. The van der Waals surface area contributed by atoms with Gasteiger partial charge in [-0.05, 0) is 93.2 Å². The van der Waals surface area contributed by atoms with E-state index in [4.69, 9.17) is 4.42 Å². The molecular weight excluding hydrogens is 595 g/mol. The number of rotatable bonds is 7. The second-order valence-corrected chi connectivity index (χ2v) is 13.3. The van der Waals surface area contributed by atoms with Crippen molar-refractivity contribution < 1.29 is 4.42 Å². The Morgan fingerprint density at radius 3 is 2.12 bits per heavy atom. The van der Waals surface area contributed by atoms with E-state index in [-0.39, 0.29) is 5.41 Å². The molecule has 1 heterocycles. The highest BCUT2D eigenvalue weighted by atomic mass is 16.3. The quantitative estimate of drug-likeness (QED) is 0.163. The van der Waals surface area contributed by atoms with Crippen LogP contribution in [-0.2, 0) is 5.41 Å². The summed E-state index contributed by atoms with van der Waals surface area (Å²) in [6, 6.07) is 55.0. The molecule has 7 aromatic carbocycles. The summed E-state index contributed by atoms with van der Waals surface area (Å²) in [6.07, 6.45) is 3.26. The van der Waals surface area contributed by atoms with Crippen LogP contribution in [0.3, 0.4) is 0 Å². The molecule has 0 bridgehead atoms. The van der Waals surface area contributed by atoms with Crippen LogP contribution in [0.15, 0.2) is 169 Å². The molecule has 0 radical (unpaired) electrons. The average molecular weight is 632 g/mol. The van der Waals surface area contributed by atoms with Gasteiger partial charge in [-0.15, -0.1) is 6.58 Å². The number of fused-ring (bicyclic) bond motifs is 7. The van der Waals surface area contributed by atoms with Crippen molar-refractivity contribution >= 4 is 49.8 Å². The van der Waals surface area contributed by atoms with E-state index in [1.165, 1.54) is 44.2 Å². The third-order valence-corrected chi connectivity index (χ3v) is 10.9. The molecule has 0 saturated carbocycles. The SMILES string of the molecule is C=CC1(C(C)CC)c2ccccc2-c2cc(N(c3ccc(-c4ccc5oc6ccccc6c5c4)cc3)c3cccc4ccccc34)ccc21. The molecule has 2 atom stereocenters. The fraction of sp³-hybridized carbons (Fsp3) is 0.106. The Balaban J connectivity index is 1.21. The van der Waals surface area contributed by atoms with Crippen molar-refractivity contribution in [3.8, 4) is 22.3 Å². The number of nitrogens with zero attached hydrogens (tertiary/aromatic N) is 1. The molecule has 0 saturated heterocycles. The molecule has 0 aliphatic heterocycles. The first-order chi connectivity index (χ1) is 24.1. The van der Waals surface area contributed by atoms with Gasteiger partial charge in [-0.25, -0.2) is 0 Å². The average Bonchev–Trinajstić information content (AvgIpc) is 3.68. The lowest BCUT2D eigenvalue weighted by atomic mass is 9.68. The fourth-order valence-corrected chi connectivity index (χ4v) is 8.29. The minimum absolute atomic E-state index is 0.216. The summed E-state index contributed by atoms with van der Waals surface area (Å²) in [7, 11) is 0.